The molecule has 0 aromatic heterocycles. The van der Waals surface area contributed by atoms with Crippen LogP contribution < -0.4 is 25.8 Å². The Morgan fingerprint density at radius 1 is 1.27 bits per heavy atom. The molecule has 1 aromatic rings. The first-order valence-corrected chi connectivity index (χ1v) is 7.52. The number of benzene rings is 1. The van der Waals surface area contributed by atoms with Gasteiger partial charge >= 0.3 is 0 Å². The van der Waals surface area contributed by atoms with Crippen LogP contribution in [-0.4, -0.2) is 24.8 Å². The third kappa shape index (κ3) is 3.60. The van der Waals surface area contributed by atoms with Gasteiger partial charge in [-0.25, -0.2) is 4.99 Å². The van der Waals surface area contributed by atoms with Gasteiger partial charge in [0.2, 0.25) is 6.79 Å². The SMILES string of the molecule is N=C(N)NC(=NC1CCCC1)NCc1ccc2c(c1)OCO2. The van der Waals surface area contributed by atoms with Crippen LogP contribution in [0.2, 0.25) is 0 Å². The molecular formula is C15H21N5O2. The van der Waals surface area contributed by atoms with Gasteiger partial charge in [0.05, 0.1) is 6.04 Å². The van der Waals surface area contributed by atoms with E-state index < -0.39 is 0 Å². The summed E-state index contributed by atoms with van der Waals surface area (Å²) in [6.07, 6.45) is 4.61. The summed E-state index contributed by atoms with van der Waals surface area (Å²) in [5.41, 5.74) is 6.47. The second kappa shape index (κ2) is 6.55. The number of hydrogen-bond acceptors (Lipinski definition) is 4. The van der Waals surface area contributed by atoms with E-state index in [2.05, 4.69) is 15.6 Å². The minimum absolute atomic E-state index is 0.116. The van der Waals surface area contributed by atoms with E-state index in [9.17, 15) is 0 Å². The summed E-state index contributed by atoms with van der Waals surface area (Å²) in [6.45, 7) is 0.842. The first-order chi connectivity index (χ1) is 10.7. The molecular weight excluding hydrogens is 282 g/mol. The van der Waals surface area contributed by atoms with Crippen LogP contribution in [0.1, 0.15) is 31.2 Å². The summed E-state index contributed by atoms with van der Waals surface area (Å²) >= 11 is 0. The number of hydrogen-bond donors (Lipinski definition) is 4. The van der Waals surface area contributed by atoms with Gasteiger partial charge in [-0.1, -0.05) is 18.9 Å². The fraction of sp³-hybridized carbons (Fsp3) is 0.467. The molecule has 1 aromatic carbocycles. The lowest BCUT2D eigenvalue weighted by atomic mass is 10.2. The molecule has 3 rings (SSSR count). The van der Waals surface area contributed by atoms with Gasteiger partial charge < -0.3 is 20.5 Å². The molecule has 0 saturated heterocycles. The summed E-state index contributed by atoms with van der Waals surface area (Å²) in [4.78, 5) is 4.62. The van der Waals surface area contributed by atoms with Crippen molar-refractivity contribution in [2.45, 2.75) is 38.3 Å². The normalized spacial score (nSPS) is 17.5. The van der Waals surface area contributed by atoms with E-state index in [1.807, 2.05) is 18.2 Å². The molecule has 1 aliphatic heterocycles. The van der Waals surface area contributed by atoms with E-state index in [-0.39, 0.29) is 12.8 Å². The summed E-state index contributed by atoms with van der Waals surface area (Å²) in [7, 11) is 0. The number of nitrogens with two attached hydrogens (primary N) is 1. The average Bonchev–Trinajstić information content (AvgIpc) is 3.14. The highest BCUT2D eigenvalue weighted by Gasteiger charge is 2.16. The van der Waals surface area contributed by atoms with Gasteiger partial charge in [0.15, 0.2) is 23.4 Å². The van der Waals surface area contributed by atoms with Crippen molar-refractivity contribution < 1.29 is 9.47 Å². The second-order valence-electron chi connectivity index (χ2n) is 5.50. The van der Waals surface area contributed by atoms with Gasteiger partial charge in [0, 0.05) is 6.54 Å². The van der Waals surface area contributed by atoms with Crippen LogP contribution in [0.4, 0.5) is 0 Å². The summed E-state index contributed by atoms with van der Waals surface area (Å²) in [6, 6.07) is 6.12. The molecule has 5 N–H and O–H groups in total. The molecule has 0 spiro atoms. The molecule has 7 heteroatoms. The summed E-state index contributed by atoms with van der Waals surface area (Å²) in [5, 5.41) is 13.4. The number of guanidine groups is 2. The van der Waals surface area contributed by atoms with Crippen LogP contribution in [0, 0.1) is 5.41 Å². The Hall–Kier alpha value is -2.44. The third-order valence-corrected chi connectivity index (χ3v) is 3.79. The molecule has 1 aliphatic carbocycles. The minimum Gasteiger partial charge on any atom is -0.454 e. The van der Waals surface area contributed by atoms with Crippen LogP contribution in [0.25, 0.3) is 0 Å². The van der Waals surface area contributed by atoms with E-state index in [0.717, 1.165) is 29.9 Å². The van der Waals surface area contributed by atoms with Crippen LogP contribution in [0.15, 0.2) is 23.2 Å². The fourth-order valence-electron chi connectivity index (χ4n) is 2.70. The molecule has 0 bridgehead atoms. The van der Waals surface area contributed by atoms with Crippen molar-refractivity contribution in [3.05, 3.63) is 23.8 Å². The van der Waals surface area contributed by atoms with Crippen molar-refractivity contribution in [1.29, 1.82) is 5.41 Å². The van der Waals surface area contributed by atoms with Crippen LogP contribution in [-0.2, 0) is 6.54 Å². The smallest absolute Gasteiger partial charge is 0.231 e. The Morgan fingerprint density at radius 3 is 2.82 bits per heavy atom. The molecule has 2 aliphatic rings. The van der Waals surface area contributed by atoms with Crippen LogP contribution in [0.3, 0.4) is 0 Å². The molecule has 118 valence electrons. The van der Waals surface area contributed by atoms with Gasteiger partial charge in [-0.05, 0) is 30.5 Å². The number of rotatable bonds is 3. The first-order valence-electron chi connectivity index (χ1n) is 7.52. The molecule has 0 unspecified atom stereocenters. The predicted octanol–water partition coefficient (Wildman–Crippen LogP) is 1.29. The van der Waals surface area contributed by atoms with Crippen molar-refractivity contribution in [3.63, 3.8) is 0 Å². The van der Waals surface area contributed by atoms with E-state index >= 15 is 0 Å². The molecule has 0 radical (unpaired) electrons. The van der Waals surface area contributed by atoms with Crippen molar-refractivity contribution in [1.82, 2.24) is 10.6 Å². The van der Waals surface area contributed by atoms with Crippen LogP contribution in [0.5, 0.6) is 11.5 Å². The lowest BCUT2D eigenvalue weighted by Gasteiger charge is -2.13. The molecule has 1 heterocycles. The van der Waals surface area contributed by atoms with E-state index in [0.29, 0.717) is 18.5 Å². The number of ether oxygens (including phenoxy) is 2. The van der Waals surface area contributed by atoms with E-state index in [1.165, 1.54) is 12.8 Å². The van der Waals surface area contributed by atoms with Gasteiger partial charge in [-0.2, -0.15) is 0 Å². The molecule has 1 fully saturated rings. The van der Waals surface area contributed by atoms with E-state index in [4.69, 9.17) is 20.6 Å². The van der Waals surface area contributed by atoms with Gasteiger partial charge in [-0.15, -0.1) is 0 Å². The third-order valence-electron chi connectivity index (χ3n) is 3.79. The van der Waals surface area contributed by atoms with Gasteiger partial charge in [0.1, 0.15) is 0 Å². The maximum Gasteiger partial charge on any atom is 0.231 e. The largest absolute Gasteiger partial charge is 0.454 e. The monoisotopic (exact) mass is 303 g/mol. The number of fused-ring (bicyclic) bond motifs is 1. The molecule has 1 saturated carbocycles. The van der Waals surface area contributed by atoms with Crippen molar-refractivity contribution in [2.75, 3.05) is 6.79 Å². The number of nitrogens with zero attached hydrogens (tertiary/aromatic N) is 1. The Labute approximate surface area is 129 Å². The molecule has 7 nitrogen and oxygen atoms in total. The maximum atomic E-state index is 7.39. The number of aliphatic imine (C=N–C) groups is 1. The highest BCUT2D eigenvalue weighted by molar-refractivity contribution is 5.96. The zero-order valence-corrected chi connectivity index (χ0v) is 12.4. The summed E-state index contributed by atoms with van der Waals surface area (Å²) in [5.74, 6) is 1.96. The second-order valence-corrected chi connectivity index (χ2v) is 5.50. The lowest BCUT2D eigenvalue weighted by Crippen LogP contribution is -2.44. The average molecular weight is 303 g/mol. The van der Waals surface area contributed by atoms with E-state index in [1.54, 1.807) is 0 Å². The first kappa shape index (κ1) is 14.5. The fourth-order valence-corrected chi connectivity index (χ4v) is 2.70. The highest BCUT2D eigenvalue weighted by atomic mass is 16.7. The lowest BCUT2D eigenvalue weighted by molar-refractivity contribution is 0.174. The van der Waals surface area contributed by atoms with Crippen molar-refractivity contribution in [2.24, 2.45) is 10.7 Å². The van der Waals surface area contributed by atoms with Crippen molar-refractivity contribution >= 4 is 11.9 Å². The number of nitrogens with one attached hydrogen (secondary N) is 3. The zero-order valence-electron chi connectivity index (χ0n) is 12.4. The molecule has 22 heavy (non-hydrogen) atoms. The Kier molecular flexibility index (Phi) is 4.32. The Bertz CT molecular complexity index is 581. The van der Waals surface area contributed by atoms with Gasteiger partial charge in [-0.3, -0.25) is 10.7 Å². The summed E-state index contributed by atoms with van der Waals surface area (Å²) < 4.78 is 10.7. The Balaban J connectivity index is 1.64. The van der Waals surface area contributed by atoms with Gasteiger partial charge in [0.25, 0.3) is 0 Å². The Morgan fingerprint density at radius 2 is 2.05 bits per heavy atom. The zero-order chi connectivity index (χ0) is 15.4. The standard InChI is InChI=1S/C15H21N5O2/c16-14(17)20-15(19-11-3-1-2-4-11)18-8-10-5-6-12-13(7-10)22-9-21-12/h5-7,11H,1-4,8-9H2,(H5,16,17,18,19,20). The molecule has 0 atom stereocenters. The maximum absolute atomic E-state index is 7.39. The minimum atomic E-state index is -0.116. The van der Waals surface area contributed by atoms with Crippen molar-refractivity contribution in [3.8, 4) is 11.5 Å². The topological polar surface area (TPSA) is 105 Å². The quantitative estimate of drug-likeness (QED) is 0.497. The predicted molar refractivity (Wildman–Crippen MR) is 84.1 cm³/mol. The molecule has 0 amide bonds. The highest BCUT2D eigenvalue weighted by Crippen LogP contribution is 2.32. The van der Waals surface area contributed by atoms with Crippen LogP contribution >= 0.6 is 0 Å².